The van der Waals surface area contributed by atoms with Crippen molar-refractivity contribution in [1.29, 1.82) is 0 Å². The molecule has 1 aliphatic heterocycles. The minimum atomic E-state index is -0.208. The lowest BCUT2D eigenvalue weighted by Crippen LogP contribution is -2.43. The van der Waals surface area contributed by atoms with Crippen LogP contribution in [0.4, 0.5) is 4.79 Å². The molecule has 2 N–H and O–H groups in total. The van der Waals surface area contributed by atoms with Crippen LogP contribution >= 0.6 is 11.6 Å². The van der Waals surface area contributed by atoms with Gasteiger partial charge in [-0.15, -0.1) is 0 Å². The van der Waals surface area contributed by atoms with Gasteiger partial charge in [0.2, 0.25) is 0 Å². The van der Waals surface area contributed by atoms with Crippen LogP contribution in [0.2, 0.25) is 5.02 Å². The molecule has 2 amide bonds. The molecule has 1 aromatic carbocycles. The first-order valence-electron chi connectivity index (χ1n) is 8.07. The van der Waals surface area contributed by atoms with E-state index in [1.54, 1.807) is 7.11 Å². The number of nitrogens with zero attached hydrogens (tertiary/aromatic N) is 1. The molecular weight excluding hydrogens is 314 g/mol. The highest BCUT2D eigenvalue weighted by Crippen LogP contribution is 2.19. The van der Waals surface area contributed by atoms with Crippen LogP contribution in [0.25, 0.3) is 0 Å². The molecule has 0 spiro atoms. The molecule has 2 atom stereocenters. The van der Waals surface area contributed by atoms with E-state index in [1.807, 2.05) is 24.3 Å². The zero-order valence-corrected chi connectivity index (χ0v) is 14.6. The summed E-state index contributed by atoms with van der Waals surface area (Å²) in [5, 5.41) is 6.49. The van der Waals surface area contributed by atoms with Crippen LogP contribution in [0.1, 0.15) is 24.5 Å². The van der Waals surface area contributed by atoms with Crippen molar-refractivity contribution in [3.63, 3.8) is 0 Å². The maximum absolute atomic E-state index is 12.0. The Morgan fingerprint density at radius 1 is 1.48 bits per heavy atom. The molecule has 5 nitrogen and oxygen atoms in total. The van der Waals surface area contributed by atoms with Gasteiger partial charge in [0.05, 0.1) is 6.10 Å². The Hall–Kier alpha value is -1.30. The average molecular weight is 340 g/mol. The lowest BCUT2D eigenvalue weighted by Gasteiger charge is -2.29. The number of urea groups is 1. The van der Waals surface area contributed by atoms with E-state index >= 15 is 0 Å². The number of piperidine rings is 1. The van der Waals surface area contributed by atoms with Crippen LogP contribution in [0, 0.1) is 5.92 Å². The number of likely N-dealkylation sites (tertiary alicyclic amines) is 1. The van der Waals surface area contributed by atoms with Crippen molar-refractivity contribution in [2.45, 2.75) is 18.9 Å². The number of ether oxygens (including phenoxy) is 1. The molecule has 0 aromatic heterocycles. The van der Waals surface area contributed by atoms with Crippen LogP contribution in [0.5, 0.6) is 0 Å². The minimum Gasteiger partial charge on any atom is -0.375 e. The maximum Gasteiger partial charge on any atom is 0.314 e. The van der Waals surface area contributed by atoms with Gasteiger partial charge in [0.25, 0.3) is 0 Å². The third-order valence-corrected chi connectivity index (χ3v) is 4.46. The quantitative estimate of drug-likeness (QED) is 0.837. The number of carbonyl (C=O) groups excluding carboxylic acids is 1. The van der Waals surface area contributed by atoms with E-state index in [0.717, 1.165) is 18.7 Å². The number of halogens is 1. The fourth-order valence-electron chi connectivity index (χ4n) is 2.97. The van der Waals surface area contributed by atoms with E-state index < -0.39 is 0 Å². The molecule has 128 valence electrons. The fraction of sp³-hybridized carbons (Fsp3) is 0.588. The Kier molecular flexibility index (Phi) is 7.15. The number of rotatable bonds is 6. The number of carbonyl (C=O) groups is 1. The molecule has 1 aromatic rings. The first-order chi connectivity index (χ1) is 11.1. The number of benzene rings is 1. The number of nitrogens with one attached hydrogen (secondary N) is 2. The number of hydrogen-bond donors (Lipinski definition) is 2. The third-order valence-electron chi connectivity index (χ3n) is 4.23. The molecule has 1 saturated heterocycles. The van der Waals surface area contributed by atoms with E-state index in [2.05, 4.69) is 22.6 Å². The Morgan fingerprint density at radius 2 is 2.30 bits per heavy atom. The molecule has 2 rings (SSSR count). The van der Waals surface area contributed by atoms with Gasteiger partial charge >= 0.3 is 6.03 Å². The molecule has 1 fully saturated rings. The standard InChI is InChI=1S/C17H26ClN3O2/c1-21-8-4-5-13(12-21)10-19-17(22)20-11-16(23-2)14-6-3-7-15(18)9-14/h3,6-7,9,13,16H,4-5,8,10-12H2,1-2H3,(H2,19,20,22)/t13-,16-/m0/s1. The highest BCUT2D eigenvalue weighted by molar-refractivity contribution is 6.30. The summed E-state index contributed by atoms with van der Waals surface area (Å²) in [5.74, 6) is 0.533. The van der Waals surface area contributed by atoms with Crippen molar-refractivity contribution in [3.05, 3.63) is 34.9 Å². The second-order valence-corrected chi connectivity index (χ2v) is 6.58. The Morgan fingerprint density at radius 3 is 3.00 bits per heavy atom. The largest absolute Gasteiger partial charge is 0.375 e. The first kappa shape index (κ1) is 18.0. The van der Waals surface area contributed by atoms with Crippen molar-refractivity contribution in [1.82, 2.24) is 15.5 Å². The van der Waals surface area contributed by atoms with Gasteiger partial charge in [0, 0.05) is 31.8 Å². The van der Waals surface area contributed by atoms with Crippen molar-refractivity contribution in [2.24, 2.45) is 5.92 Å². The predicted molar refractivity (Wildman–Crippen MR) is 92.8 cm³/mol. The number of methoxy groups -OCH3 is 1. The van der Waals surface area contributed by atoms with E-state index in [1.165, 1.54) is 12.8 Å². The summed E-state index contributed by atoms with van der Waals surface area (Å²) in [6.07, 6.45) is 2.17. The molecule has 1 heterocycles. The van der Waals surface area contributed by atoms with Gasteiger partial charge in [0.15, 0.2) is 0 Å². The van der Waals surface area contributed by atoms with E-state index in [9.17, 15) is 4.79 Å². The van der Waals surface area contributed by atoms with Crippen LogP contribution in [-0.2, 0) is 4.74 Å². The van der Waals surface area contributed by atoms with Gasteiger partial charge in [-0.05, 0) is 50.0 Å². The normalized spacial score (nSPS) is 20.0. The molecular formula is C17H26ClN3O2. The van der Waals surface area contributed by atoms with Gasteiger partial charge < -0.3 is 20.3 Å². The topological polar surface area (TPSA) is 53.6 Å². The molecule has 0 radical (unpaired) electrons. The number of amides is 2. The van der Waals surface area contributed by atoms with Gasteiger partial charge in [-0.25, -0.2) is 4.79 Å². The Balaban J connectivity index is 1.74. The van der Waals surface area contributed by atoms with Crippen LogP contribution in [0.15, 0.2) is 24.3 Å². The smallest absolute Gasteiger partial charge is 0.314 e. The summed E-state index contributed by atoms with van der Waals surface area (Å²) < 4.78 is 5.44. The minimum absolute atomic E-state index is 0.151. The van der Waals surface area contributed by atoms with Crippen LogP contribution < -0.4 is 10.6 Å². The predicted octanol–water partition coefficient (Wildman–Crippen LogP) is 2.67. The lowest BCUT2D eigenvalue weighted by atomic mass is 9.99. The molecule has 0 bridgehead atoms. The molecule has 0 aliphatic carbocycles. The summed E-state index contributed by atoms with van der Waals surface area (Å²) in [6, 6.07) is 7.34. The van der Waals surface area contributed by atoms with Crippen molar-refractivity contribution >= 4 is 17.6 Å². The zero-order chi connectivity index (χ0) is 16.7. The number of hydrogen-bond acceptors (Lipinski definition) is 3. The SMILES string of the molecule is CO[C@@H](CNC(=O)NC[C@@H]1CCCN(C)C1)c1cccc(Cl)c1. The van der Waals surface area contributed by atoms with Crippen molar-refractivity contribution in [2.75, 3.05) is 40.3 Å². The van der Waals surface area contributed by atoms with E-state index in [0.29, 0.717) is 24.0 Å². The van der Waals surface area contributed by atoms with Gasteiger partial charge in [-0.3, -0.25) is 0 Å². The molecule has 0 saturated carbocycles. The molecule has 23 heavy (non-hydrogen) atoms. The van der Waals surface area contributed by atoms with E-state index in [-0.39, 0.29) is 12.1 Å². The Bertz CT molecular complexity index is 512. The van der Waals surface area contributed by atoms with Crippen LogP contribution in [-0.4, -0.2) is 51.3 Å². The van der Waals surface area contributed by atoms with Gasteiger partial charge in [-0.1, -0.05) is 23.7 Å². The summed E-state index contributed by atoms with van der Waals surface area (Å²) in [4.78, 5) is 14.3. The molecule has 6 heteroatoms. The monoisotopic (exact) mass is 339 g/mol. The summed E-state index contributed by atoms with van der Waals surface area (Å²) >= 11 is 6.00. The zero-order valence-electron chi connectivity index (χ0n) is 13.8. The average Bonchev–Trinajstić information content (AvgIpc) is 2.54. The van der Waals surface area contributed by atoms with Crippen molar-refractivity contribution in [3.8, 4) is 0 Å². The molecule has 1 aliphatic rings. The lowest BCUT2D eigenvalue weighted by molar-refractivity contribution is 0.104. The van der Waals surface area contributed by atoms with Crippen molar-refractivity contribution < 1.29 is 9.53 Å². The fourth-order valence-corrected chi connectivity index (χ4v) is 3.17. The van der Waals surface area contributed by atoms with E-state index in [4.69, 9.17) is 16.3 Å². The Labute approximate surface area is 143 Å². The summed E-state index contributed by atoms with van der Waals surface area (Å²) in [5.41, 5.74) is 0.953. The second kappa shape index (κ2) is 9.11. The second-order valence-electron chi connectivity index (χ2n) is 6.14. The highest BCUT2D eigenvalue weighted by Gasteiger charge is 2.18. The summed E-state index contributed by atoms with van der Waals surface area (Å²) in [7, 11) is 3.75. The van der Waals surface area contributed by atoms with Crippen LogP contribution in [0.3, 0.4) is 0 Å². The maximum atomic E-state index is 12.0. The molecule has 0 unspecified atom stereocenters. The third kappa shape index (κ3) is 6.01. The first-order valence-corrected chi connectivity index (χ1v) is 8.44. The summed E-state index contributed by atoms with van der Waals surface area (Å²) in [6.45, 7) is 3.32. The van der Waals surface area contributed by atoms with Gasteiger partial charge in [-0.2, -0.15) is 0 Å². The highest BCUT2D eigenvalue weighted by atomic mass is 35.5. The van der Waals surface area contributed by atoms with Gasteiger partial charge in [0.1, 0.15) is 0 Å².